The molecule has 0 aliphatic heterocycles. The van der Waals surface area contributed by atoms with E-state index < -0.39 is 0 Å². The van der Waals surface area contributed by atoms with Crippen LogP contribution in [0.15, 0.2) is 121 Å². The molecule has 0 radical (unpaired) electrons. The molecule has 1 fully saturated rings. The van der Waals surface area contributed by atoms with E-state index >= 15 is 0 Å². The molecule has 1 aliphatic rings. The van der Waals surface area contributed by atoms with Crippen molar-refractivity contribution in [1.29, 1.82) is 0 Å². The average Bonchev–Trinajstić information content (AvgIpc) is 3.11. The van der Waals surface area contributed by atoms with Crippen LogP contribution in [0.1, 0.15) is 45.4 Å². The quantitative estimate of drug-likeness (QED) is 0.0793. The fraction of sp³-hybridized carbons (Fsp3) is 0.342. The van der Waals surface area contributed by atoms with Gasteiger partial charge in [-0.3, -0.25) is 0 Å². The molecule has 4 aromatic carbocycles. The molecule has 0 saturated heterocycles. The molecule has 2 nitrogen and oxygen atoms in total. The van der Waals surface area contributed by atoms with Crippen molar-refractivity contribution in [3.63, 3.8) is 0 Å². The number of nitrogens with zero attached hydrogens (tertiary/aromatic N) is 2. The van der Waals surface area contributed by atoms with Gasteiger partial charge in [-0.1, -0.05) is 135 Å². The standard InChI is InChI=1S/C31H35NP2.C7H11N.2ClH.Ru/c1-2-23-32(24-26-33(28-15-7-3-8-16-28)29-17-9-4-10-18-29)25-27-34(30-19-11-5-12-20-30)31-21-13-6-14-22-31;1-8-7-5-3-2-4-6-7;;;/h3-22H,2,23-27H2,1H3;7H,2-6H2;2*1H;/q;;;;+2/p-2. The van der Waals surface area contributed by atoms with Gasteiger partial charge in [-0.15, -0.1) is 0 Å². The van der Waals surface area contributed by atoms with Crippen LogP contribution in [0.2, 0.25) is 0 Å². The first-order valence-corrected chi connectivity index (χ1v) is 23.4. The van der Waals surface area contributed by atoms with Crippen molar-refractivity contribution >= 4 is 56.4 Å². The summed E-state index contributed by atoms with van der Waals surface area (Å²) in [4.78, 5) is 6.21. The summed E-state index contributed by atoms with van der Waals surface area (Å²) in [6, 6.07) is 44.9. The minimum atomic E-state index is -0.346. The Hall–Kier alpha value is -1.61. The zero-order valence-corrected chi connectivity index (χ0v) is 31.3. The molecule has 4 aromatic rings. The van der Waals surface area contributed by atoms with Gasteiger partial charge >= 0.3 is 34.5 Å². The monoisotopic (exact) mass is 764 g/mol. The molecule has 0 amide bonds. The van der Waals surface area contributed by atoms with Gasteiger partial charge in [0.2, 0.25) is 6.04 Å². The zero-order chi connectivity index (χ0) is 32.0. The van der Waals surface area contributed by atoms with E-state index in [0.717, 1.165) is 25.9 Å². The third kappa shape index (κ3) is 14.4. The predicted octanol–water partition coefficient (Wildman–Crippen LogP) is 9.58. The fourth-order valence-corrected chi connectivity index (χ4v) is 10.3. The van der Waals surface area contributed by atoms with Crippen LogP contribution in [0.5, 0.6) is 0 Å². The molecule has 7 heteroatoms. The number of hydrogen-bond acceptors (Lipinski definition) is 1. The van der Waals surface area contributed by atoms with Gasteiger partial charge in [0.05, 0.1) is 0 Å². The van der Waals surface area contributed by atoms with Gasteiger partial charge in [0.25, 0.3) is 0 Å². The third-order valence-corrected chi connectivity index (χ3v) is 12.8. The Kier molecular flexibility index (Phi) is 19.9. The van der Waals surface area contributed by atoms with E-state index in [1.807, 2.05) is 0 Å². The number of rotatable bonds is 12. The van der Waals surface area contributed by atoms with E-state index in [0.29, 0.717) is 6.04 Å². The SMILES string of the molecule is CCCN(CCP(c1ccccc1)c1ccccc1)CCP(c1ccccc1)c1ccccc1.[C-]#[N+]C1CCCCC1.[Cl][Ru][Cl]. The van der Waals surface area contributed by atoms with Crippen LogP contribution in [0, 0.1) is 6.57 Å². The van der Waals surface area contributed by atoms with E-state index in [-0.39, 0.29) is 31.0 Å². The van der Waals surface area contributed by atoms with Gasteiger partial charge < -0.3 is 9.74 Å². The van der Waals surface area contributed by atoms with E-state index in [9.17, 15) is 0 Å². The molecule has 1 saturated carbocycles. The Morgan fingerprint density at radius 2 is 0.956 bits per heavy atom. The van der Waals surface area contributed by atoms with E-state index in [4.69, 9.17) is 26.0 Å². The third-order valence-electron chi connectivity index (χ3n) is 7.85. The topological polar surface area (TPSA) is 7.60 Å². The van der Waals surface area contributed by atoms with Gasteiger partial charge in [0, 0.05) is 25.9 Å². The second-order valence-corrected chi connectivity index (χ2v) is 18.3. The van der Waals surface area contributed by atoms with E-state index in [1.165, 1.54) is 65.8 Å². The number of benzene rings is 4. The van der Waals surface area contributed by atoms with Gasteiger partial charge in [-0.05, 0) is 75.2 Å². The van der Waals surface area contributed by atoms with Crippen molar-refractivity contribution in [2.75, 3.05) is 32.0 Å². The van der Waals surface area contributed by atoms with Gasteiger partial charge in [0.1, 0.15) is 0 Å². The molecule has 0 aromatic heterocycles. The van der Waals surface area contributed by atoms with Crippen LogP contribution >= 0.6 is 35.2 Å². The minimum absolute atomic E-state index is 0.344. The summed E-state index contributed by atoms with van der Waals surface area (Å²) in [5.41, 5.74) is 0. The maximum absolute atomic E-state index is 6.72. The Bertz CT molecular complexity index is 1160. The molecule has 0 N–H and O–H groups in total. The number of hydrogen-bond donors (Lipinski definition) is 0. The van der Waals surface area contributed by atoms with Crippen molar-refractivity contribution < 1.29 is 15.1 Å². The van der Waals surface area contributed by atoms with Crippen molar-refractivity contribution in [2.45, 2.75) is 51.5 Å². The van der Waals surface area contributed by atoms with Crippen molar-refractivity contribution in [3.05, 3.63) is 133 Å². The zero-order valence-electron chi connectivity index (χ0n) is 26.3. The van der Waals surface area contributed by atoms with Crippen molar-refractivity contribution in [2.24, 2.45) is 0 Å². The maximum atomic E-state index is 6.72. The van der Waals surface area contributed by atoms with E-state index in [1.54, 1.807) is 0 Å². The Labute approximate surface area is 290 Å². The van der Waals surface area contributed by atoms with Crippen LogP contribution in [0.25, 0.3) is 4.85 Å². The summed E-state index contributed by atoms with van der Waals surface area (Å²) in [6.07, 6.45) is 9.85. The fourth-order valence-electron chi connectivity index (χ4n) is 5.59. The second kappa shape index (κ2) is 23.7. The van der Waals surface area contributed by atoms with Crippen LogP contribution in [0.3, 0.4) is 0 Å². The summed E-state index contributed by atoms with van der Waals surface area (Å²) < 4.78 is 0. The molecule has 5 rings (SSSR count). The molecule has 0 atom stereocenters. The van der Waals surface area contributed by atoms with Crippen LogP contribution in [0.4, 0.5) is 0 Å². The van der Waals surface area contributed by atoms with Gasteiger partial charge in [-0.2, -0.15) is 0 Å². The van der Waals surface area contributed by atoms with Gasteiger partial charge in [0.15, 0.2) is 0 Å². The predicted molar refractivity (Wildman–Crippen MR) is 200 cm³/mol. The first-order chi connectivity index (χ1) is 22.2. The summed E-state index contributed by atoms with van der Waals surface area (Å²) in [6.45, 7) is 12.5. The van der Waals surface area contributed by atoms with Crippen LogP contribution in [-0.4, -0.2) is 42.9 Å². The molecule has 45 heavy (non-hydrogen) atoms. The molecule has 0 heterocycles. The summed E-state index contributed by atoms with van der Waals surface area (Å²) >= 11 is -0.346. The first-order valence-electron chi connectivity index (χ1n) is 15.9. The van der Waals surface area contributed by atoms with Crippen molar-refractivity contribution in [1.82, 2.24) is 4.90 Å². The molecule has 0 unspecified atom stereocenters. The van der Waals surface area contributed by atoms with Crippen LogP contribution < -0.4 is 21.2 Å². The molecule has 0 bridgehead atoms. The molecular formula is C38H46Cl2N2P2Ru. The molecule has 1 aliphatic carbocycles. The second-order valence-electron chi connectivity index (χ2n) is 11.0. The average molecular weight is 765 g/mol. The first kappa shape index (κ1) is 37.8. The Morgan fingerprint density at radius 1 is 0.622 bits per heavy atom. The number of halogens is 2. The molecule has 0 spiro atoms. The summed E-state index contributed by atoms with van der Waals surface area (Å²) in [5.74, 6) is 0. The van der Waals surface area contributed by atoms with Crippen LogP contribution in [-0.2, 0) is 15.1 Å². The normalized spacial score (nSPS) is 13.1. The molecule has 240 valence electrons. The molecular weight excluding hydrogens is 718 g/mol. The Balaban J connectivity index is 0.000000426. The summed E-state index contributed by atoms with van der Waals surface area (Å²) in [5, 5.41) is 5.93. The summed E-state index contributed by atoms with van der Waals surface area (Å²) in [7, 11) is 9.02. The Morgan fingerprint density at radius 3 is 1.22 bits per heavy atom. The van der Waals surface area contributed by atoms with Gasteiger partial charge in [-0.25, -0.2) is 6.57 Å². The van der Waals surface area contributed by atoms with Crippen molar-refractivity contribution in [3.8, 4) is 0 Å². The van der Waals surface area contributed by atoms with E-state index in [2.05, 4.69) is 138 Å².